The second-order valence-electron chi connectivity index (χ2n) is 10.6. The van der Waals surface area contributed by atoms with Crippen LogP contribution in [-0.2, 0) is 17.9 Å². The number of primary amides is 1. The van der Waals surface area contributed by atoms with Crippen molar-refractivity contribution in [3.63, 3.8) is 0 Å². The third-order valence-electron chi connectivity index (χ3n) is 7.87. The smallest absolute Gasteiger partial charge is 0.250 e. The predicted molar refractivity (Wildman–Crippen MR) is 147 cm³/mol. The highest BCUT2D eigenvalue weighted by molar-refractivity contribution is 6.00. The molecule has 2 fully saturated rings. The molecule has 3 aliphatic rings. The van der Waals surface area contributed by atoms with E-state index in [0.29, 0.717) is 18.2 Å². The first-order valence-electron chi connectivity index (χ1n) is 13.5. The summed E-state index contributed by atoms with van der Waals surface area (Å²) in [5, 5.41) is 0. The van der Waals surface area contributed by atoms with E-state index in [0.717, 1.165) is 98.8 Å². The topological polar surface area (TPSA) is 89.1 Å². The van der Waals surface area contributed by atoms with Crippen molar-refractivity contribution in [3.8, 4) is 22.6 Å². The molecule has 0 bridgehead atoms. The summed E-state index contributed by atoms with van der Waals surface area (Å²) >= 11 is 0. The Morgan fingerprint density at radius 2 is 1.68 bits per heavy atom. The first-order valence-corrected chi connectivity index (χ1v) is 13.5. The van der Waals surface area contributed by atoms with Crippen LogP contribution >= 0.6 is 0 Å². The van der Waals surface area contributed by atoms with Crippen LogP contribution in [0.5, 0.6) is 5.75 Å². The van der Waals surface area contributed by atoms with E-state index in [4.69, 9.17) is 20.2 Å². The molecule has 0 aliphatic carbocycles. The molecule has 200 valence electrons. The summed E-state index contributed by atoms with van der Waals surface area (Å²) in [6.07, 6.45) is 2.12. The van der Waals surface area contributed by atoms with Crippen molar-refractivity contribution in [2.24, 2.45) is 5.73 Å². The molecule has 2 aromatic carbocycles. The van der Waals surface area contributed by atoms with Gasteiger partial charge in [0, 0.05) is 63.7 Å². The molecule has 38 heavy (non-hydrogen) atoms. The van der Waals surface area contributed by atoms with Gasteiger partial charge < -0.3 is 20.1 Å². The molecule has 1 aromatic heterocycles. The molecule has 2 N–H and O–H groups in total. The lowest BCUT2D eigenvalue weighted by atomic mass is 9.99. The molecule has 0 saturated carbocycles. The quantitative estimate of drug-likeness (QED) is 0.539. The Morgan fingerprint density at radius 3 is 2.39 bits per heavy atom. The molecule has 2 saturated heterocycles. The summed E-state index contributed by atoms with van der Waals surface area (Å²) in [6, 6.07) is 12.7. The number of amides is 1. The van der Waals surface area contributed by atoms with Crippen LogP contribution in [0.1, 0.15) is 35.7 Å². The van der Waals surface area contributed by atoms with Crippen molar-refractivity contribution in [1.29, 1.82) is 0 Å². The highest BCUT2D eigenvalue weighted by Crippen LogP contribution is 2.36. The van der Waals surface area contributed by atoms with E-state index in [9.17, 15) is 4.79 Å². The number of nitrogens with two attached hydrogens (primary N) is 1. The summed E-state index contributed by atoms with van der Waals surface area (Å²) in [6.45, 7) is 12.8. The minimum atomic E-state index is -0.404. The Morgan fingerprint density at radius 1 is 0.974 bits per heavy atom. The van der Waals surface area contributed by atoms with E-state index >= 15 is 0 Å². The van der Waals surface area contributed by atoms with E-state index in [1.165, 1.54) is 0 Å². The number of aromatic nitrogens is 2. The van der Waals surface area contributed by atoms with Crippen LogP contribution in [0.3, 0.4) is 0 Å². The van der Waals surface area contributed by atoms with Crippen LogP contribution < -0.4 is 15.4 Å². The lowest BCUT2D eigenvalue weighted by Crippen LogP contribution is -2.49. The molecule has 3 aliphatic heterocycles. The Bertz CT molecular complexity index is 1320. The number of carbonyl (C=O) groups is 1. The van der Waals surface area contributed by atoms with Gasteiger partial charge in [-0.15, -0.1) is 0 Å². The number of imidazole rings is 1. The van der Waals surface area contributed by atoms with Gasteiger partial charge in [0.25, 0.3) is 5.91 Å². The maximum atomic E-state index is 12.5. The van der Waals surface area contributed by atoms with Gasteiger partial charge in [0.1, 0.15) is 12.4 Å². The van der Waals surface area contributed by atoms with Crippen LogP contribution in [0.15, 0.2) is 42.6 Å². The molecule has 3 aromatic rings. The number of nitrogens with zero attached hydrogens (tertiary/aromatic N) is 5. The van der Waals surface area contributed by atoms with Gasteiger partial charge in [-0.25, -0.2) is 4.98 Å². The number of piperazine rings is 1. The van der Waals surface area contributed by atoms with Gasteiger partial charge in [0.2, 0.25) is 0 Å². The summed E-state index contributed by atoms with van der Waals surface area (Å²) in [5.41, 5.74) is 11.3. The van der Waals surface area contributed by atoms with E-state index in [1.807, 2.05) is 18.2 Å². The van der Waals surface area contributed by atoms with Crippen LogP contribution in [-0.4, -0.2) is 83.8 Å². The number of benzene rings is 2. The van der Waals surface area contributed by atoms with Gasteiger partial charge in [-0.05, 0) is 49.2 Å². The molecule has 0 unspecified atom stereocenters. The summed E-state index contributed by atoms with van der Waals surface area (Å²) in [5.74, 6) is 1.31. The van der Waals surface area contributed by atoms with Crippen molar-refractivity contribution < 1.29 is 14.3 Å². The lowest BCUT2D eigenvalue weighted by Gasteiger charge is -2.38. The Kier molecular flexibility index (Phi) is 6.82. The third kappa shape index (κ3) is 4.89. The zero-order chi connectivity index (χ0) is 26.2. The maximum Gasteiger partial charge on any atom is 0.250 e. The van der Waals surface area contributed by atoms with Crippen molar-refractivity contribution in [3.05, 3.63) is 59.7 Å². The maximum absolute atomic E-state index is 12.5. The van der Waals surface area contributed by atoms with Crippen LogP contribution in [0.2, 0.25) is 0 Å². The average molecular weight is 517 g/mol. The van der Waals surface area contributed by atoms with Crippen molar-refractivity contribution >= 4 is 11.6 Å². The van der Waals surface area contributed by atoms with Gasteiger partial charge in [0.05, 0.1) is 30.2 Å². The predicted octanol–water partition coefficient (Wildman–Crippen LogP) is 2.89. The van der Waals surface area contributed by atoms with Crippen molar-refractivity contribution in [2.45, 2.75) is 33.0 Å². The molecule has 1 amide bonds. The molecule has 4 heterocycles. The highest BCUT2D eigenvalue weighted by Gasteiger charge is 2.24. The fraction of sp³-hybridized carbons (Fsp3) is 0.448. The largest absolute Gasteiger partial charge is 0.483 e. The fourth-order valence-electron chi connectivity index (χ4n) is 5.67. The van der Waals surface area contributed by atoms with Gasteiger partial charge in [-0.1, -0.05) is 12.1 Å². The highest BCUT2D eigenvalue weighted by atomic mass is 16.5. The normalized spacial score (nSPS) is 18.2. The van der Waals surface area contributed by atoms with Gasteiger partial charge in [-0.3, -0.25) is 19.2 Å². The molecule has 9 nitrogen and oxygen atoms in total. The van der Waals surface area contributed by atoms with E-state index in [-0.39, 0.29) is 0 Å². The summed E-state index contributed by atoms with van der Waals surface area (Å²) in [7, 11) is 0. The third-order valence-corrected chi connectivity index (χ3v) is 7.87. The number of rotatable bonds is 6. The number of morpholine rings is 1. The van der Waals surface area contributed by atoms with Gasteiger partial charge in [0.15, 0.2) is 5.82 Å². The minimum absolute atomic E-state index is 0.404. The summed E-state index contributed by atoms with van der Waals surface area (Å²) < 4.78 is 13.7. The second-order valence-corrected chi connectivity index (χ2v) is 10.6. The number of hydrogen-bond donors (Lipinski definition) is 1. The lowest BCUT2D eigenvalue weighted by molar-refractivity contribution is 0.0337. The van der Waals surface area contributed by atoms with Crippen LogP contribution in [0.25, 0.3) is 16.8 Å². The zero-order valence-electron chi connectivity index (χ0n) is 22.2. The molecular weight excluding hydrogens is 480 g/mol. The minimum Gasteiger partial charge on any atom is -0.483 e. The first kappa shape index (κ1) is 24.9. The van der Waals surface area contributed by atoms with Crippen molar-refractivity contribution in [1.82, 2.24) is 19.4 Å². The van der Waals surface area contributed by atoms with Crippen LogP contribution in [0.4, 0.5) is 5.69 Å². The standard InChI is InChI=1S/C29H36N6O3/c1-20(2)33-7-9-34(10-8-33)25-5-3-21(15-24(25)29(30)36)22-4-6-26-27(16-22)38-19-28-31-23(18-35(26)28)17-32-11-13-37-14-12-32/h3-6,15-16,18,20H,7-14,17,19H2,1-2H3,(H2,30,36). The first-order chi connectivity index (χ1) is 18.5. The second kappa shape index (κ2) is 10.4. The number of anilines is 1. The molecule has 0 atom stereocenters. The van der Waals surface area contributed by atoms with Gasteiger partial charge >= 0.3 is 0 Å². The molecule has 0 spiro atoms. The number of carbonyl (C=O) groups excluding carboxylic acids is 1. The Balaban J connectivity index is 1.24. The molecule has 9 heteroatoms. The van der Waals surface area contributed by atoms with Crippen molar-refractivity contribution in [2.75, 3.05) is 57.4 Å². The number of fused-ring (bicyclic) bond motifs is 3. The molecule has 6 rings (SSSR count). The summed E-state index contributed by atoms with van der Waals surface area (Å²) in [4.78, 5) is 24.4. The van der Waals surface area contributed by atoms with Crippen LogP contribution in [0, 0.1) is 0 Å². The zero-order valence-corrected chi connectivity index (χ0v) is 22.2. The molecular formula is C29H36N6O3. The fourth-order valence-corrected chi connectivity index (χ4v) is 5.67. The Labute approximate surface area is 223 Å². The SMILES string of the molecule is CC(C)N1CCN(c2ccc(-c3ccc4c(c3)OCc3nc(CN5CCOCC5)cn3-4)cc2C(N)=O)CC1. The van der Waals surface area contributed by atoms with E-state index < -0.39 is 5.91 Å². The number of hydrogen-bond acceptors (Lipinski definition) is 7. The average Bonchev–Trinajstić information content (AvgIpc) is 3.36. The van der Waals surface area contributed by atoms with E-state index in [1.54, 1.807) is 0 Å². The van der Waals surface area contributed by atoms with Gasteiger partial charge in [-0.2, -0.15) is 0 Å². The monoisotopic (exact) mass is 516 g/mol. The molecule has 0 radical (unpaired) electrons. The number of ether oxygens (including phenoxy) is 2. The Hall–Kier alpha value is -3.40. The van der Waals surface area contributed by atoms with E-state index in [2.05, 4.69) is 57.5 Å².